The SMILES string of the molecule is COc1ccc(C)cc1NC(=O)c1sc2ncn(CC(=O)Nc3cccc(C(F)(F)F)c3)c(=O)c2c1C. The summed E-state index contributed by atoms with van der Waals surface area (Å²) in [6.07, 6.45) is -3.39. The lowest BCUT2D eigenvalue weighted by Gasteiger charge is -2.11. The number of anilines is 2. The van der Waals surface area contributed by atoms with Crippen LogP contribution in [0, 0.1) is 13.8 Å². The zero-order valence-corrected chi connectivity index (χ0v) is 20.7. The number of alkyl halides is 3. The fourth-order valence-corrected chi connectivity index (χ4v) is 4.75. The molecule has 0 aliphatic carbocycles. The summed E-state index contributed by atoms with van der Waals surface area (Å²) < 4.78 is 45.1. The zero-order chi connectivity index (χ0) is 26.9. The van der Waals surface area contributed by atoms with Gasteiger partial charge in [0.1, 0.15) is 17.1 Å². The van der Waals surface area contributed by atoms with Gasteiger partial charge in [0.15, 0.2) is 0 Å². The summed E-state index contributed by atoms with van der Waals surface area (Å²) in [5, 5.41) is 5.34. The first-order valence-corrected chi connectivity index (χ1v) is 11.7. The number of aromatic nitrogens is 2. The van der Waals surface area contributed by atoms with Crippen molar-refractivity contribution in [2.75, 3.05) is 17.7 Å². The van der Waals surface area contributed by atoms with Crippen LogP contribution >= 0.6 is 11.3 Å². The van der Waals surface area contributed by atoms with Crippen LogP contribution in [0.25, 0.3) is 10.2 Å². The Kier molecular flexibility index (Phi) is 7.03. The van der Waals surface area contributed by atoms with Crippen LogP contribution in [0.4, 0.5) is 24.5 Å². The molecule has 0 spiro atoms. The lowest BCUT2D eigenvalue weighted by atomic mass is 10.2. The molecule has 4 rings (SSSR count). The Morgan fingerprint density at radius 2 is 1.86 bits per heavy atom. The minimum atomic E-state index is -4.56. The monoisotopic (exact) mass is 530 g/mol. The summed E-state index contributed by atoms with van der Waals surface area (Å²) in [5.41, 5.74) is 0.269. The maximum absolute atomic E-state index is 13.1. The molecule has 37 heavy (non-hydrogen) atoms. The molecule has 192 valence electrons. The number of carbonyl (C=O) groups is 2. The highest BCUT2D eigenvalue weighted by Gasteiger charge is 2.30. The molecule has 8 nitrogen and oxygen atoms in total. The van der Waals surface area contributed by atoms with Crippen molar-refractivity contribution < 1.29 is 27.5 Å². The Morgan fingerprint density at radius 3 is 2.57 bits per heavy atom. The largest absolute Gasteiger partial charge is 0.495 e. The van der Waals surface area contributed by atoms with Crippen LogP contribution in [0.1, 0.15) is 26.4 Å². The number of thiophene rings is 1. The smallest absolute Gasteiger partial charge is 0.416 e. The Hall–Kier alpha value is -4.19. The van der Waals surface area contributed by atoms with E-state index in [9.17, 15) is 27.6 Å². The third-order valence-corrected chi connectivity index (χ3v) is 6.71. The van der Waals surface area contributed by atoms with Gasteiger partial charge >= 0.3 is 6.18 Å². The third kappa shape index (κ3) is 5.48. The van der Waals surface area contributed by atoms with E-state index >= 15 is 0 Å². The van der Waals surface area contributed by atoms with E-state index in [0.717, 1.165) is 39.9 Å². The number of amides is 2. The number of hydrogen-bond donors (Lipinski definition) is 2. The van der Waals surface area contributed by atoms with Crippen molar-refractivity contribution in [1.29, 1.82) is 0 Å². The van der Waals surface area contributed by atoms with Crippen LogP contribution in [-0.4, -0.2) is 28.5 Å². The fourth-order valence-electron chi connectivity index (χ4n) is 3.72. The number of halogens is 3. The molecule has 0 saturated carbocycles. The zero-order valence-electron chi connectivity index (χ0n) is 19.9. The molecule has 0 unspecified atom stereocenters. The molecule has 2 aromatic heterocycles. The number of nitrogens with zero attached hydrogens (tertiary/aromatic N) is 2. The molecule has 2 N–H and O–H groups in total. The van der Waals surface area contributed by atoms with Crippen LogP contribution in [0.3, 0.4) is 0 Å². The van der Waals surface area contributed by atoms with Gasteiger partial charge in [-0.3, -0.25) is 19.0 Å². The molecule has 0 aliphatic heterocycles. The summed E-state index contributed by atoms with van der Waals surface area (Å²) in [4.78, 5) is 43.4. The highest BCUT2D eigenvalue weighted by atomic mass is 32.1. The second kappa shape index (κ2) is 10.1. The number of nitrogens with one attached hydrogen (secondary N) is 2. The minimum Gasteiger partial charge on any atom is -0.495 e. The second-order valence-electron chi connectivity index (χ2n) is 8.20. The maximum Gasteiger partial charge on any atom is 0.416 e. The van der Waals surface area contributed by atoms with Crippen LogP contribution in [-0.2, 0) is 17.5 Å². The Bertz CT molecular complexity index is 1580. The van der Waals surface area contributed by atoms with Gasteiger partial charge in [0.05, 0.1) is 35.0 Å². The maximum atomic E-state index is 13.1. The first-order valence-electron chi connectivity index (χ1n) is 10.9. The summed E-state index contributed by atoms with van der Waals surface area (Å²) in [7, 11) is 1.49. The third-order valence-electron chi connectivity index (χ3n) is 5.51. The predicted octanol–water partition coefficient (Wildman–Crippen LogP) is 4.99. The number of methoxy groups -OCH3 is 1. The van der Waals surface area contributed by atoms with E-state index in [1.165, 1.54) is 19.2 Å². The van der Waals surface area contributed by atoms with E-state index in [0.29, 0.717) is 21.8 Å². The molecule has 0 atom stereocenters. The highest BCUT2D eigenvalue weighted by molar-refractivity contribution is 7.20. The standard InChI is InChI=1S/C25H21F3N4O4S/c1-13-7-8-18(36-3)17(9-13)31-22(34)21-14(2)20-23(37-21)29-12-32(24(20)35)11-19(33)30-16-6-4-5-15(10-16)25(26,27)28/h4-10,12H,11H2,1-3H3,(H,30,33)(H,31,34). The number of fused-ring (bicyclic) bond motifs is 1. The topological polar surface area (TPSA) is 102 Å². The number of hydrogen-bond acceptors (Lipinski definition) is 6. The van der Waals surface area contributed by atoms with Gasteiger partial charge in [-0.1, -0.05) is 12.1 Å². The molecule has 2 heterocycles. The number of aryl methyl sites for hydroxylation is 2. The van der Waals surface area contributed by atoms with E-state index in [2.05, 4.69) is 15.6 Å². The van der Waals surface area contributed by atoms with Crippen LogP contribution in [0.5, 0.6) is 5.75 Å². The molecular formula is C25H21F3N4O4S. The lowest BCUT2D eigenvalue weighted by Crippen LogP contribution is -2.28. The lowest BCUT2D eigenvalue weighted by molar-refractivity contribution is -0.137. The Balaban J connectivity index is 1.57. The number of carbonyl (C=O) groups excluding carboxylic acids is 2. The normalized spacial score (nSPS) is 11.4. The van der Waals surface area contributed by atoms with Gasteiger partial charge in [0, 0.05) is 5.69 Å². The summed E-state index contributed by atoms with van der Waals surface area (Å²) in [5.74, 6) is -0.678. The molecule has 0 fully saturated rings. The van der Waals surface area contributed by atoms with Crippen LogP contribution in [0.2, 0.25) is 0 Å². The van der Waals surface area contributed by atoms with Gasteiger partial charge in [-0.05, 0) is 55.3 Å². The first-order chi connectivity index (χ1) is 17.5. The average Bonchev–Trinajstić information content (AvgIpc) is 3.18. The summed E-state index contributed by atoms with van der Waals surface area (Å²) in [6, 6.07) is 9.51. The molecule has 0 bridgehead atoms. The minimum absolute atomic E-state index is 0.0563. The molecule has 0 radical (unpaired) electrons. The molecule has 12 heteroatoms. The van der Waals surface area contributed by atoms with Crippen molar-refractivity contribution in [3.8, 4) is 5.75 Å². The summed E-state index contributed by atoms with van der Waals surface area (Å²) >= 11 is 1.03. The number of rotatable bonds is 6. The van der Waals surface area contributed by atoms with Gasteiger partial charge in [-0.15, -0.1) is 11.3 Å². The number of ether oxygens (including phenoxy) is 1. The highest BCUT2D eigenvalue weighted by Crippen LogP contribution is 2.31. The van der Waals surface area contributed by atoms with Crippen molar-refractivity contribution in [3.05, 3.63) is 80.7 Å². The van der Waals surface area contributed by atoms with E-state index < -0.39 is 35.7 Å². The van der Waals surface area contributed by atoms with Gasteiger partial charge in [-0.25, -0.2) is 4.98 Å². The van der Waals surface area contributed by atoms with Crippen LogP contribution < -0.4 is 20.9 Å². The van der Waals surface area contributed by atoms with Crippen molar-refractivity contribution in [2.45, 2.75) is 26.6 Å². The Morgan fingerprint density at radius 1 is 1.11 bits per heavy atom. The van der Waals surface area contributed by atoms with Crippen LogP contribution in [0.15, 0.2) is 53.6 Å². The van der Waals surface area contributed by atoms with Crippen molar-refractivity contribution >= 4 is 44.7 Å². The number of benzene rings is 2. The van der Waals surface area contributed by atoms with E-state index in [1.54, 1.807) is 19.1 Å². The molecule has 2 aromatic carbocycles. The molecular weight excluding hydrogens is 509 g/mol. The molecule has 4 aromatic rings. The first kappa shape index (κ1) is 25.9. The van der Waals surface area contributed by atoms with E-state index in [1.807, 2.05) is 13.0 Å². The molecule has 0 aliphatic rings. The van der Waals surface area contributed by atoms with Crippen molar-refractivity contribution in [1.82, 2.24) is 9.55 Å². The van der Waals surface area contributed by atoms with E-state index in [-0.39, 0.29) is 16.0 Å². The molecule has 2 amide bonds. The van der Waals surface area contributed by atoms with Crippen molar-refractivity contribution in [3.63, 3.8) is 0 Å². The van der Waals surface area contributed by atoms with Gasteiger partial charge in [0.25, 0.3) is 11.5 Å². The quantitative estimate of drug-likeness (QED) is 0.366. The van der Waals surface area contributed by atoms with Gasteiger partial charge in [-0.2, -0.15) is 13.2 Å². The fraction of sp³-hybridized carbons (Fsp3) is 0.200. The average molecular weight is 531 g/mol. The second-order valence-corrected chi connectivity index (χ2v) is 9.20. The van der Waals surface area contributed by atoms with Crippen molar-refractivity contribution in [2.24, 2.45) is 0 Å². The van der Waals surface area contributed by atoms with Gasteiger partial charge in [0.2, 0.25) is 5.91 Å². The summed E-state index contributed by atoms with van der Waals surface area (Å²) in [6.45, 7) is 3.00. The predicted molar refractivity (Wildman–Crippen MR) is 134 cm³/mol. The molecule has 0 saturated heterocycles. The van der Waals surface area contributed by atoms with Gasteiger partial charge < -0.3 is 15.4 Å². The van der Waals surface area contributed by atoms with E-state index in [4.69, 9.17) is 4.74 Å². The Labute approximate surface area is 212 Å².